The minimum Gasteiger partial charge on any atom is -0.341 e. The second kappa shape index (κ2) is 10.5. The van der Waals surface area contributed by atoms with E-state index in [9.17, 15) is 14.4 Å². The molecule has 0 amide bonds. The smallest absolute Gasteiger partial charge is 0.332 e. The zero-order valence-corrected chi connectivity index (χ0v) is 21.6. The molecule has 0 saturated carbocycles. The quantitative estimate of drug-likeness (QED) is 0.315. The largest absolute Gasteiger partial charge is 0.341 e. The highest BCUT2D eigenvalue weighted by Gasteiger charge is 2.27. The highest BCUT2D eigenvalue weighted by Crippen LogP contribution is 2.25. The zero-order chi connectivity index (χ0) is 26.8. The molecule has 2 aromatic carbocycles. The number of hydrogen-bond acceptors (Lipinski definition) is 6. The fourth-order valence-electron chi connectivity index (χ4n) is 5.06. The summed E-state index contributed by atoms with van der Waals surface area (Å²) in [6, 6.07) is 16.8. The van der Waals surface area contributed by atoms with Crippen LogP contribution in [-0.2, 0) is 20.1 Å². The number of anilines is 1. The predicted molar refractivity (Wildman–Crippen MR) is 148 cm³/mol. The first kappa shape index (κ1) is 25.2. The number of fused-ring (bicyclic) bond motifs is 1. The first-order valence-corrected chi connectivity index (χ1v) is 12.7. The maximum atomic E-state index is 13.8. The van der Waals surface area contributed by atoms with Gasteiger partial charge in [-0.05, 0) is 30.9 Å². The molecule has 1 unspecified atom stereocenters. The van der Waals surface area contributed by atoms with Crippen LogP contribution in [0.5, 0.6) is 0 Å². The molecule has 1 atom stereocenters. The van der Waals surface area contributed by atoms with Gasteiger partial charge in [-0.25, -0.2) is 4.79 Å². The third-order valence-corrected chi connectivity index (χ3v) is 6.98. The molecule has 2 N–H and O–H groups in total. The van der Waals surface area contributed by atoms with E-state index in [0.29, 0.717) is 18.1 Å². The van der Waals surface area contributed by atoms with E-state index in [1.165, 1.54) is 4.57 Å². The first-order valence-electron chi connectivity index (χ1n) is 12.7. The van der Waals surface area contributed by atoms with Gasteiger partial charge in [0, 0.05) is 31.7 Å². The highest BCUT2D eigenvalue weighted by molar-refractivity contribution is 6.02. The van der Waals surface area contributed by atoms with Crippen molar-refractivity contribution in [1.29, 1.82) is 0 Å². The molecule has 0 radical (unpaired) electrons. The van der Waals surface area contributed by atoms with E-state index in [1.807, 2.05) is 47.4 Å². The van der Waals surface area contributed by atoms with Crippen molar-refractivity contribution in [2.45, 2.75) is 38.9 Å². The number of hydrogen-bond donors (Lipinski definition) is 1. The summed E-state index contributed by atoms with van der Waals surface area (Å²) < 4.78 is 4.07. The van der Waals surface area contributed by atoms with Crippen LogP contribution in [0.15, 0.2) is 64.2 Å². The van der Waals surface area contributed by atoms with E-state index >= 15 is 0 Å². The Bertz CT molecular complexity index is 1690. The van der Waals surface area contributed by atoms with Crippen LogP contribution in [0.2, 0.25) is 0 Å². The molecular formula is C29H30N6O3. The third kappa shape index (κ3) is 4.55. The molecular weight excluding hydrogens is 480 g/mol. The van der Waals surface area contributed by atoms with E-state index in [4.69, 9.17) is 10.7 Å². The van der Waals surface area contributed by atoms with Crippen molar-refractivity contribution in [1.82, 2.24) is 18.7 Å². The average molecular weight is 511 g/mol. The van der Waals surface area contributed by atoms with Gasteiger partial charge in [0.05, 0.1) is 13.1 Å². The molecule has 1 saturated heterocycles. The number of rotatable bonds is 6. The Hall–Kier alpha value is -4.42. The molecule has 38 heavy (non-hydrogen) atoms. The summed E-state index contributed by atoms with van der Waals surface area (Å²) in [6.07, 6.45) is 1.83. The lowest BCUT2D eigenvalue weighted by molar-refractivity contribution is 0.0969. The fourth-order valence-corrected chi connectivity index (χ4v) is 5.06. The Morgan fingerprint density at radius 1 is 1.08 bits per heavy atom. The van der Waals surface area contributed by atoms with Crippen molar-refractivity contribution in [3.05, 3.63) is 81.0 Å². The van der Waals surface area contributed by atoms with E-state index in [0.717, 1.165) is 35.1 Å². The lowest BCUT2D eigenvalue weighted by atomic mass is 9.97. The second-order valence-electron chi connectivity index (χ2n) is 9.51. The number of aromatic nitrogens is 4. The zero-order valence-electron chi connectivity index (χ0n) is 21.6. The van der Waals surface area contributed by atoms with Gasteiger partial charge in [-0.2, -0.15) is 4.98 Å². The van der Waals surface area contributed by atoms with E-state index < -0.39 is 11.2 Å². The predicted octanol–water partition coefficient (Wildman–Crippen LogP) is 2.40. The Morgan fingerprint density at radius 2 is 1.82 bits per heavy atom. The Labute approximate surface area is 220 Å². The summed E-state index contributed by atoms with van der Waals surface area (Å²) in [4.78, 5) is 47.4. The molecule has 1 fully saturated rings. The molecule has 1 aliphatic rings. The molecule has 9 nitrogen and oxygen atoms in total. The molecule has 2 aromatic heterocycles. The van der Waals surface area contributed by atoms with Gasteiger partial charge in [0.1, 0.15) is 0 Å². The monoisotopic (exact) mass is 510 g/mol. The van der Waals surface area contributed by atoms with Crippen LogP contribution in [-0.4, -0.2) is 43.6 Å². The van der Waals surface area contributed by atoms with Crippen LogP contribution in [0.1, 0.15) is 30.1 Å². The topological polar surface area (TPSA) is 108 Å². The standard InChI is InChI=1S/C29H30N6O3/c1-3-4-17-34-25-26(31-28(34)33-16-10-13-21(30)18-33)32(2)29(38)35(27(25)37)19-24(36)23-15-9-8-14-22(23)20-11-6-5-7-12-20/h5-9,11-12,14-15,21H,10,13,16-19,30H2,1-2H3. The Morgan fingerprint density at radius 3 is 2.55 bits per heavy atom. The van der Waals surface area contributed by atoms with Crippen molar-refractivity contribution < 1.29 is 4.79 Å². The third-order valence-electron chi connectivity index (χ3n) is 6.98. The van der Waals surface area contributed by atoms with Gasteiger partial charge in [0.15, 0.2) is 16.9 Å². The summed E-state index contributed by atoms with van der Waals surface area (Å²) in [5, 5.41) is 0. The van der Waals surface area contributed by atoms with Crippen LogP contribution in [0.4, 0.5) is 5.95 Å². The molecule has 4 aromatic rings. The molecule has 0 bridgehead atoms. The Kier molecular flexibility index (Phi) is 6.99. The van der Waals surface area contributed by atoms with Gasteiger partial charge in [-0.1, -0.05) is 60.5 Å². The number of imidazole rings is 1. The SMILES string of the molecule is CC#CCn1c(N2CCCC(N)C2)nc2c1c(=O)n(CC(=O)c1ccccc1-c1ccccc1)c(=O)n2C. The Balaban J connectivity index is 1.63. The van der Waals surface area contributed by atoms with E-state index in [1.54, 1.807) is 30.7 Å². The molecule has 0 aliphatic carbocycles. The lowest BCUT2D eigenvalue weighted by Crippen LogP contribution is -2.44. The highest BCUT2D eigenvalue weighted by atomic mass is 16.2. The molecule has 0 spiro atoms. The summed E-state index contributed by atoms with van der Waals surface area (Å²) >= 11 is 0. The molecule has 194 valence electrons. The van der Waals surface area contributed by atoms with Crippen molar-refractivity contribution >= 4 is 22.9 Å². The molecule has 5 rings (SSSR count). The van der Waals surface area contributed by atoms with E-state index in [-0.39, 0.29) is 36.1 Å². The number of Topliss-reactive ketones (excluding diaryl/α,β-unsaturated/α-hetero) is 1. The van der Waals surface area contributed by atoms with Crippen LogP contribution < -0.4 is 21.9 Å². The fraction of sp³-hybridized carbons (Fsp3) is 0.310. The van der Waals surface area contributed by atoms with E-state index in [2.05, 4.69) is 11.8 Å². The van der Waals surface area contributed by atoms with Crippen LogP contribution in [0.3, 0.4) is 0 Å². The summed E-state index contributed by atoms with van der Waals surface area (Å²) in [5.41, 5.74) is 7.64. The minimum atomic E-state index is -0.596. The lowest BCUT2D eigenvalue weighted by Gasteiger charge is -2.31. The van der Waals surface area contributed by atoms with Crippen LogP contribution >= 0.6 is 0 Å². The van der Waals surface area contributed by atoms with Crippen molar-refractivity contribution in [3.8, 4) is 23.0 Å². The number of nitrogens with two attached hydrogens (primary N) is 1. The van der Waals surface area contributed by atoms with Gasteiger partial charge in [-0.15, -0.1) is 5.92 Å². The number of carbonyl (C=O) groups excluding carboxylic acids is 1. The molecule has 3 heterocycles. The maximum Gasteiger partial charge on any atom is 0.332 e. The van der Waals surface area contributed by atoms with Crippen LogP contribution in [0.25, 0.3) is 22.3 Å². The summed E-state index contributed by atoms with van der Waals surface area (Å²) in [5.74, 6) is 6.12. The van der Waals surface area contributed by atoms with Crippen molar-refractivity contribution in [2.24, 2.45) is 12.8 Å². The number of aryl methyl sites for hydroxylation is 1. The molecule has 9 heteroatoms. The van der Waals surface area contributed by atoms with Crippen molar-refractivity contribution in [3.63, 3.8) is 0 Å². The minimum absolute atomic E-state index is 0.00273. The average Bonchev–Trinajstić information content (AvgIpc) is 3.33. The van der Waals surface area contributed by atoms with Crippen LogP contribution in [0, 0.1) is 11.8 Å². The van der Waals surface area contributed by atoms with Gasteiger partial charge in [0.25, 0.3) is 5.56 Å². The van der Waals surface area contributed by atoms with Gasteiger partial charge < -0.3 is 10.6 Å². The van der Waals surface area contributed by atoms with Gasteiger partial charge >= 0.3 is 5.69 Å². The van der Waals surface area contributed by atoms with Crippen molar-refractivity contribution in [2.75, 3.05) is 18.0 Å². The summed E-state index contributed by atoms with van der Waals surface area (Å²) in [7, 11) is 1.57. The summed E-state index contributed by atoms with van der Waals surface area (Å²) in [6.45, 7) is 2.91. The number of piperidine rings is 1. The van der Waals surface area contributed by atoms with Gasteiger partial charge in [0.2, 0.25) is 5.95 Å². The number of nitrogens with zero attached hydrogens (tertiary/aromatic N) is 5. The first-order chi connectivity index (χ1) is 18.4. The second-order valence-corrected chi connectivity index (χ2v) is 9.51. The maximum absolute atomic E-state index is 13.8. The number of ketones is 1. The normalized spacial score (nSPS) is 15.3. The number of benzene rings is 2. The molecule has 1 aliphatic heterocycles. The van der Waals surface area contributed by atoms with Gasteiger partial charge in [-0.3, -0.25) is 23.3 Å². The number of carbonyl (C=O) groups is 1.